The van der Waals surface area contributed by atoms with Crippen LogP contribution in [-0.2, 0) is 34.1 Å². The Balaban J connectivity index is 0.000000261. The van der Waals surface area contributed by atoms with Gasteiger partial charge >= 0.3 is 0 Å². The fourth-order valence-electron chi connectivity index (χ4n) is 7.99. The summed E-state index contributed by atoms with van der Waals surface area (Å²) in [6.45, 7) is 10.1. The van der Waals surface area contributed by atoms with Gasteiger partial charge < -0.3 is 19.5 Å². The van der Waals surface area contributed by atoms with Gasteiger partial charge in [0.05, 0.1) is 18.0 Å². The Kier molecular flexibility index (Phi) is 21.4. The largest absolute Gasteiger partial charge is 0.448 e. The number of oxazole rings is 2. The Morgan fingerprint density at radius 1 is 0.719 bits per heavy atom. The van der Waals surface area contributed by atoms with Gasteiger partial charge in [-0.25, -0.2) is 20.9 Å². The van der Waals surface area contributed by atoms with E-state index in [1.165, 1.54) is 77.0 Å². The first-order chi connectivity index (χ1) is 27.7. The van der Waals surface area contributed by atoms with Crippen molar-refractivity contribution in [1.82, 2.24) is 31.6 Å². The van der Waals surface area contributed by atoms with Gasteiger partial charge in [-0.15, -0.1) is 0 Å². The normalized spacial score (nSPS) is 16.3. The first-order valence-corrected chi connectivity index (χ1v) is 21.9. The maximum Gasteiger partial charge on any atom is 0.244 e. The average Bonchev–Trinajstić information content (AvgIpc) is 3.90. The van der Waals surface area contributed by atoms with Gasteiger partial charge in [0, 0.05) is 49.9 Å². The van der Waals surface area contributed by atoms with E-state index in [1.54, 1.807) is 18.0 Å². The van der Waals surface area contributed by atoms with Crippen molar-refractivity contribution in [2.24, 2.45) is 11.8 Å². The zero-order valence-electron chi connectivity index (χ0n) is 35.2. The van der Waals surface area contributed by atoms with Crippen molar-refractivity contribution >= 4 is 11.8 Å². The zero-order chi connectivity index (χ0) is 40.7. The standard InChI is InChI=1S/C26H39N3O3.C19H33N3O3/c1-20(2)27-17-24-19-31-26(28-24)23(15-9-14-21-10-5-3-6-11-21)16-25(30)29-32-18-22-12-7-4-8-13-22;1-14(2)20-12-17-13-25-19(21-17)16(11-18(23)22-24)10-6-9-15-7-4-3-5-8-15/h4,7-8,12-13,19-21,23,27H,3,5-6,9-11,14-18H2,1-2H3,(H,29,30);13-16,20,24H,3-12H2,1-2H3,(H,22,23)/t23-;16-/m11/s1. The van der Waals surface area contributed by atoms with Crippen LogP contribution in [0.1, 0.15) is 184 Å². The molecule has 3 aromatic rings. The van der Waals surface area contributed by atoms with E-state index in [0.717, 1.165) is 54.5 Å². The first-order valence-electron chi connectivity index (χ1n) is 21.9. The molecule has 12 heteroatoms. The summed E-state index contributed by atoms with van der Waals surface area (Å²) < 4.78 is 11.4. The maximum atomic E-state index is 12.6. The molecule has 2 heterocycles. The van der Waals surface area contributed by atoms with Crippen LogP contribution in [-0.4, -0.2) is 39.1 Å². The zero-order valence-corrected chi connectivity index (χ0v) is 35.2. The number of aromatic nitrogens is 2. The molecule has 2 atom stereocenters. The van der Waals surface area contributed by atoms with Crippen LogP contribution >= 0.6 is 0 Å². The van der Waals surface area contributed by atoms with E-state index in [4.69, 9.17) is 18.9 Å². The highest BCUT2D eigenvalue weighted by atomic mass is 16.6. The van der Waals surface area contributed by atoms with E-state index in [0.29, 0.717) is 50.0 Å². The molecular formula is C45H72N6O6. The smallest absolute Gasteiger partial charge is 0.244 e. The number of carbonyl (C=O) groups excluding carboxylic acids is 2. The van der Waals surface area contributed by atoms with Gasteiger partial charge in [0.25, 0.3) is 0 Å². The van der Waals surface area contributed by atoms with Gasteiger partial charge in [0.2, 0.25) is 11.8 Å². The number of nitrogens with one attached hydrogen (secondary N) is 4. The van der Waals surface area contributed by atoms with Crippen LogP contribution in [0.3, 0.4) is 0 Å². The van der Waals surface area contributed by atoms with Gasteiger partial charge in [0.1, 0.15) is 12.5 Å². The van der Waals surface area contributed by atoms with Crippen molar-refractivity contribution in [1.29, 1.82) is 0 Å². The van der Waals surface area contributed by atoms with Crippen LogP contribution in [0.2, 0.25) is 0 Å². The molecule has 12 nitrogen and oxygen atoms in total. The lowest BCUT2D eigenvalue weighted by Gasteiger charge is -2.22. The molecule has 2 aromatic heterocycles. The second-order valence-corrected chi connectivity index (χ2v) is 16.9. The molecule has 0 saturated heterocycles. The van der Waals surface area contributed by atoms with Gasteiger partial charge in [-0.05, 0) is 30.2 Å². The Labute approximate surface area is 341 Å². The number of benzene rings is 1. The number of nitrogens with zero attached hydrogens (tertiary/aromatic N) is 2. The van der Waals surface area contributed by atoms with E-state index in [1.807, 2.05) is 30.3 Å². The molecule has 2 aliphatic rings. The number of hydrogen-bond donors (Lipinski definition) is 5. The van der Waals surface area contributed by atoms with E-state index in [9.17, 15) is 9.59 Å². The van der Waals surface area contributed by atoms with Crippen molar-refractivity contribution in [2.45, 2.75) is 187 Å². The molecule has 1 aromatic carbocycles. The van der Waals surface area contributed by atoms with Crippen LogP contribution in [0.25, 0.3) is 0 Å². The summed E-state index contributed by atoms with van der Waals surface area (Å²) in [6.07, 6.45) is 23.8. The van der Waals surface area contributed by atoms with Gasteiger partial charge in [0.15, 0.2) is 11.8 Å². The minimum Gasteiger partial charge on any atom is -0.448 e. The number of amides is 2. The molecule has 0 aliphatic heterocycles. The van der Waals surface area contributed by atoms with Crippen molar-refractivity contribution < 1.29 is 28.5 Å². The fraction of sp³-hybridized carbons (Fsp3) is 0.689. The lowest BCUT2D eigenvalue weighted by Crippen LogP contribution is -2.25. The minimum atomic E-state index is -0.386. The molecule has 2 amide bonds. The Bertz CT molecular complexity index is 1520. The lowest BCUT2D eigenvalue weighted by molar-refractivity contribution is -0.135. The third kappa shape index (κ3) is 18.7. The van der Waals surface area contributed by atoms with Gasteiger partial charge in [-0.3, -0.25) is 19.6 Å². The number of carbonyl (C=O) groups is 2. The SMILES string of the molecule is CC(C)NCc1coc([C@H](CCCC2CCCCC2)CC(=O)NO)n1.CC(C)NCc1coc([C@H](CCCC2CCCCC2)CC(=O)NOCc2ccccc2)n1. The molecule has 2 aliphatic carbocycles. The third-order valence-corrected chi connectivity index (χ3v) is 11.3. The van der Waals surface area contributed by atoms with Crippen molar-refractivity contribution in [3.05, 3.63) is 71.6 Å². The summed E-state index contributed by atoms with van der Waals surface area (Å²) in [5.41, 5.74) is 7.08. The fourth-order valence-corrected chi connectivity index (χ4v) is 7.99. The van der Waals surface area contributed by atoms with Crippen LogP contribution in [0.15, 0.2) is 51.7 Å². The van der Waals surface area contributed by atoms with Crippen molar-refractivity contribution in [3.63, 3.8) is 0 Å². The molecule has 5 rings (SSSR count). The molecule has 0 radical (unpaired) electrons. The average molecular weight is 793 g/mol. The monoisotopic (exact) mass is 793 g/mol. The molecule has 5 N–H and O–H groups in total. The van der Waals surface area contributed by atoms with Crippen molar-refractivity contribution in [2.75, 3.05) is 0 Å². The minimum absolute atomic E-state index is 0.0354. The molecular weight excluding hydrogens is 721 g/mol. The number of hydroxylamine groups is 2. The van der Waals surface area contributed by atoms with Crippen LogP contribution in [0.4, 0.5) is 0 Å². The highest BCUT2D eigenvalue weighted by molar-refractivity contribution is 5.75. The van der Waals surface area contributed by atoms with Crippen LogP contribution < -0.4 is 21.6 Å². The van der Waals surface area contributed by atoms with E-state index in [2.05, 4.69) is 53.8 Å². The molecule has 2 fully saturated rings. The summed E-state index contributed by atoms with van der Waals surface area (Å²) in [6, 6.07) is 10.6. The lowest BCUT2D eigenvalue weighted by atomic mass is 9.84. The van der Waals surface area contributed by atoms with Gasteiger partial charge in [-0.1, -0.05) is 148 Å². The summed E-state index contributed by atoms with van der Waals surface area (Å²) in [5.74, 6) is 2.29. The van der Waals surface area contributed by atoms with E-state index >= 15 is 0 Å². The molecule has 318 valence electrons. The van der Waals surface area contributed by atoms with Gasteiger partial charge in [-0.2, -0.15) is 0 Å². The predicted molar refractivity (Wildman–Crippen MR) is 222 cm³/mol. The van der Waals surface area contributed by atoms with E-state index in [-0.39, 0.29) is 30.1 Å². The molecule has 0 spiro atoms. The highest BCUT2D eigenvalue weighted by Crippen LogP contribution is 2.33. The first kappa shape index (κ1) is 46.1. The Morgan fingerprint density at radius 2 is 1.19 bits per heavy atom. The van der Waals surface area contributed by atoms with Crippen molar-refractivity contribution in [3.8, 4) is 0 Å². The highest BCUT2D eigenvalue weighted by Gasteiger charge is 2.24. The maximum absolute atomic E-state index is 12.6. The Morgan fingerprint density at radius 3 is 1.65 bits per heavy atom. The van der Waals surface area contributed by atoms with Crippen LogP contribution in [0, 0.1) is 11.8 Å². The topological polar surface area (TPSA) is 164 Å². The van der Waals surface area contributed by atoms with E-state index < -0.39 is 0 Å². The molecule has 2 saturated carbocycles. The summed E-state index contributed by atoms with van der Waals surface area (Å²) in [4.78, 5) is 38.9. The Hall–Kier alpha value is -3.58. The summed E-state index contributed by atoms with van der Waals surface area (Å²) in [5, 5.41) is 15.5. The quantitative estimate of drug-likeness (QED) is 0.0462. The molecule has 57 heavy (non-hydrogen) atoms. The second-order valence-electron chi connectivity index (χ2n) is 16.9. The predicted octanol–water partition coefficient (Wildman–Crippen LogP) is 9.55. The number of hydrogen-bond acceptors (Lipinski definition) is 10. The third-order valence-electron chi connectivity index (χ3n) is 11.3. The van der Waals surface area contributed by atoms with Crippen LogP contribution in [0.5, 0.6) is 0 Å². The molecule has 0 unspecified atom stereocenters. The number of rotatable bonds is 23. The second kappa shape index (κ2) is 26.4. The summed E-state index contributed by atoms with van der Waals surface area (Å²) in [7, 11) is 0. The molecule has 0 bridgehead atoms. The summed E-state index contributed by atoms with van der Waals surface area (Å²) >= 11 is 0.